The Labute approximate surface area is 99.9 Å². The van der Waals surface area contributed by atoms with Gasteiger partial charge in [0.1, 0.15) is 5.75 Å². The third-order valence-corrected chi connectivity index (χ3v) is 2.98. The van der Waals surface area contributed by atoms with Crippen LogP contribution in [0.15, 0.2) is 22.7 Å². The number of benzene rings is 1. The summed E-state index contributed by atoms with van der Waals surface area (Å²) in [6, 6.07) is 6.11. The molecule has 2 N–H and O–H groups in total. The van der Waals surface area contributed by atoms with Gasteiger partial charge in [-0.15, -0.1) is 0 Å². The number of rotatable bonds is 4. The summed E-state index contributed by atoms with van der Waals surface area (Å²) in [6.07, 6.45) is 0. The summed E-state index contributed by atoms with van der Waals surface area (Å²) in [5, 5.41) is 0. The third kappa shape index (κ3) is 3.21. The second-order valence-corrected chi connectivity index (χ2v) is 4.75. The predicted octanol–water partition coefficient (Wildman–Crippen LogP) is 3.50. The molecule has 0 aliphatic heterocycles. The van der Waals surface area contributed by atoms with E-state index in [0.717, 1.165) is 15.8 Å². The SMILES string of the molecule is CCOc1ccc(C(N)C(C)C)cc1Br. The number of ether oxygens (including phenoxy) is 1. The molecule has 2 nitrogen and oxygen atoms in total. The zero-order valence-corrected chi connectivity index (χ0v) is 11.0. The van der Waals surface area contributed by atoms with Crippen molar-refractivity contribution in [2.75, 3.05) is 6.61 Å². The van der Waals surface area contributed by atoms with Crippen molar-refractivity contribution in [1.82, 2.24) is 0 Å². The lowest BCUT2D eigenvalue weighted by atomic mass is 9.97. The van der Waals surface area contributed by atoms with Crippen LogP contribution in [-0.2, 0) is 0 Å². The first kappa shape index (κ1) is 12.5. The highest BCUT2D eigenvalue weighted by Crippen LogP contribution is 2.29. The molecule has 15 heavy (non-hydrogen) atoms. The van der Waals surface area contributed by atoms with E-state index in [9.17, 15) is 0 Å². The molecule has 1 aromatic rings. The Bertz CT molecular complexity index is 325. The van der Waals surface area contributed by atoms with Crippen molar-refractivity contribution in [3.05, 3.63) is 28.2 Å². The first-order chi connectivity index (χ1) is 7.06. The summed E-state index contributed by atoms with van der Waals surface area (Å²) in [5.74, 6) is 1.31. The van der Waals surface area contributed by atoms with Gasteiger partial charge in [-0.05, 0) is 46.5 Å². The highest BCUT2D eigenvalue weighted by atomic mass is 79.9. The van der Waals surface area contributed by atoms with Crippen molar-refractivity contribution in [3.63, 3.8) is 0 Å². The van der Waals surface area contributed by atoms with Crippen molar-refractivity contribution in [3.8, 4) is 5.75 Å². The molecule has 0 spiro atoms. The molecule has 1 unspecified atom stereocenters. The van der Waals surface area contributed by atoms with Gasteiger partial charge in [0.15, 0.2) is 0 Å². The number of hydrogen-bond acceptors (Lipinski definition) is 2. The van der Waals surface area contributed by atoms with Gasteiger partial charge in [-0.1, -0.05) is 19.9 Å². The Kier molecular flexibility index (Phi) is 4.61. The number of hydrogen-bond donors (Lipinski definition) is 1. The van der Waals surface area contributed by atoms with Crippen molar-refractivity contribution in [1.29, 1.82) is 0 Å². The average Bonchev–Trinajstić information content (AvgIpc) is 2.20. The zero-order chi connectivity index (χ0) is 11.4. The highest BCUT2D eigenvalue weighted by Gasteiger charge is 2.12. The summed E-state index contributed by atoms with van der Waals surface area (Å²) in [6.45, 7) is 6.89. The minimum atomic E-state index is 0.0805. The fraction of sp³-hybridized carbons (Fsp3) is 0.500. The lowest BCUT2D eigenvalue weighted by Crippen LogP contribution is -2.16. The van der Waals surface area contributed by atoms with Crippen molar-refractivity contribution < 1.29 is 4.74 Å². The normalized spacial score (nSPS) is 12.9. The lowest BCUT2D eigenvalue weighted by Gasteiger charge is -2.17. The summed E-state index contributed by atoms with van der Waals surface area (Å²) >= 11 is 3.48. The second kappa shape index (κ2) is 5.52. The minimum Gasteiger partial charge on any atom is -0.493 e. The van der Waals surface area contributed by atoms with Crippen LogP contribution in [0.3, 0.4) is 0 Å². The molecule has 1 atom stereocenters. The standard InChI is InChI=1S/C12H18BrNO/c1-4-15-11-6-5-9(7-10(11)13)12(14)8(2)3/h5-8,12H,4,14H2,1-3H3. The van der Waals surface area contributed by atoms with Gasteiger partial charge in [-0.25, -0.2) is 0 Å². The molecule has 0 aromatic heterocycles. The molecule has 0 bridgehead atoms. The summed E-state index contributed by atoms with van der Waals surface area (Å²) < 4.78 is 6.41. The van der Waals surface area contributed by atoms with E-state index in [1.54, 1.807) is 0 Å². The van der Waals surface area contributed by atoms with Crippen LogP contribution in [0.5, 0.6) is 5.75 Å². The van der Waals surface area contributed by atoms with E-state index in [1.165, 1.54) is 0 Å². The van der Waals surface area contributed by atoms with E-state index < -0.39 is 0 Å². The Morgan fingerprint density at radius 3 is 2.53 bits per heavy atom. The predicted molar refractivity (Wildman–Crippen MR) is 67.1 cm³/mol. The summed E-state index contributed by atoms with van der Waals surface area (Å²) in [7, 11) is 0. The number of nitrogens with two attached hydrogens (primary N) is 1. The quantitative estimate of drug-likeness (QED) is 0.910. The Hall–Kier alpha value is -0.540. The van der Waals surface area contributed by atoms with Crippen LogP contribution in [0, 0.1) is 5.92 Å². The van der Waals surface area contributed by atoms with E-state index >= 15 is 0 Å². The molecule has 0 amide bonds. The highest BCUT2D eigenvalue weighted by molar-refractivity contribution is 9.10. The van der Waals surface area contributed by atoms with Crippen LogP contribution in [0.25, 0.3) is 0 Å². The van der Waals surface area contributed by atoms with Crippen molar-refractivity contribution >= 4 is 15.9 Å². The number of halogens is 1. The van der Waals surface area contributed by atoms with Gasteiger partial charge < -0.3 is 10.5 Å². The van der Waals surface area contributed by atoms with E-state index in [4.69, 9.17) is 10.5 Å². The maximum Gasteiger partial charge on any atom is 0.133 e. The van der Waals surface area contributed by atoms with E-state index in [2.05, 4.69) is 29.8 Å². The molecule has 0 heterocycles. The monoisotopic (exact) mass is 271 g/mol. The smallest absolute Gasteiger partial charge is 0.133 e. The first-order valence-electron chi connectivity index (χ1n) is 5.24. The molecular formula is C12H18BrNO. The summed E-state index contributed by atoms with van der Waals surface area (Å²) in [4.78, 5) is 0. The van der Waals surface area contributed by atoms with Gasteiger partial charge in [0, 0.05) is 6.04 Å². The third-order valence-electron chi connectivity index (χ3n) is 2.36. The Morgan fingerprint density at radius 1 is 1.40 bits per heavy atom. The molecule has 1 rings (SSSR count). The average molecular weight is 272 g/mol. The molecule has 0 aliphatic rings. The zero-order valence-electron chi connectivity index (χ0n) is 9.46. The molecule has 0 saturated heterocycles. The van der Waals surface area contributed by atoms with Crippen molar-refractivity contribution in [2.45, 2.75) is 26.8 Å². The van der Waals surface area contributed by atoms with Crippen LogP contribution in [0.2, 0.25) is 0 Å². The molecule has 0 fully saturated rings. The van der Waals surface area contributed by atoms with Crippen LogP contribution >= 0.6 is 15.9 Å². The molecule has 3 heteroatoms. The lowest BCUT2D eigenvalue weighted by molar-refractivity contribution is 0.338. The second-order valence-electron chi connectivity index (χ2n) is 3.89. The fourth-order valence-corrected chi connectivity index (χ4v) is 1.89. The van der Waals surface area contributed by atoms with Gasteiger partial charge in [-0.2, -0.15) is 0 Å². The van der Waals surface area contributed by atoms with Gasteiger partial charge in [0.05, 0.1) is 11.1 Å². The molecule has 1 aromatic carbocycles. The van der Waals surface area contributed by atoms with Gasteiger partial charge >= 0.3 is 0 Å². The van der Waals surface area contributed by atoms with E-state index in [-0.39, 0.29) is 6.04 Å². The molecule has 84 valence electrons. The topological polar surface area (TPSA) is 35.2 Å². The van der Waals surface area contributed by atoms with E-state index in [1.807, 2.05) is 25.1 Å². The van der Waals surface area contributed by atoms with Gasteiger partial charge in [-0.3, -0.25) is 0 Å². The molecule has 0 aliphatic carbocycles. The molecule has 0 saturated carbocycles. The summed E-state index contributed by atoms with van der Waals surface area (Å²) in [5.41, 5.74) is 7.21. The Morgan fingerprint density at radius 2 is 2.07 bits per heavy atom. The molecular weight excluding hydrogens is 254 g/mol. The van der Waals surface area contributed by atoms with Crippen LogP contribution in [0.4, 0.5) is 0 Å². The largest absolute Gasteiger partial charge is 0.493 e. The maximum atomic E-state index is 6.07. The van der Waals surface area contributed by atoms with E-state index in [0.29, 0.717) is 12.5 Å². The fourth-order valence-electron chi connectivity index (χ4n) is 1.38. The maximum absolute atomic E-state index is 6.07. The van der Waals surface area contributed by atoms with Crippen LogP contribution < -0.4 is 10.5 Å². The first-order valence-corrected chi connectivity index (χ1v) is 6.03. The van der Waals surface area contributed by atoms with Gasteiger partial charge in [0.25, 0.3) is 0 Å². The Balaban J connectivity index is 2.90. The van der Waals surface area contributed by atoms with Crippen LogP contribution in [-0.4, -0.2) is 6.61 Å². The van der Waals surface area contributed by atoms with Crippen molar-refractivity contribution in [2.24, 2.45) is 11.7 Å². The minimum absolute atomic E-state index is 0.0805. The van der Waals surface area contributed by atoms with Gasteiger partial charge in [0.2, 0.25) is 0 Å². The molecule has 0 radical (unpaired) electrons. The van der Waals surface area contributed by atoms with Crippen LogP contribution in [0.1, 0.15) is 32.4 Å².